The van der Waals surface area contributed by atoms with Gasteiger partial charge in [-0.15, -0.1) is 18.3 Å². The van der Waals surface area contributed by atoms with Crippen molar-refractivity contribution < 1.29 is 9.84 Å². The van der Waals surface area contributed by atoms with Crippen LogP contribution in [0, 0.1) is 5.92 Å². The molecule has 1 aliphatic carbocycles. The lowest BCUT2D eigenvalue weighted by atomic mass is 9.71. The number of thioether (sulfide) groups is 1. The van der Waals surface area contributed by atoms with E-state index in [9.17, 15) is 5.11 Å². The predicted molar refractivity (Wildman–Crippen MR) is 89.0 cm³/mol. The van der Waals surface area contributed by atoms with Crippen molar-refractivity contribution in [2.24, 2.45) is 5.92 Å². The second-order valence-corrected chi connectivity index (χ2v) is 6.61. The Morgan fingerprint density at radius 1 is 1.50 bits per heavy atom. The summed E-state index contributed by atoms with van der Waals surface area (Å²) in [5.41, 5.74) is 0.407. The normalized spacial score (nSPS) is 27.4. The SMILES string of the molecule is C=CCOC/C(=C/C)C1CCCCC1(O)C(=C)SCC. The number of ether oxygens (including phenoxy) is 1. The number of rotatable bonds is 8. The molecule has 0 spiro atoms. The van der Waals surface area contributed by atoms with E-state index >= 15 is 0 Å². The van der Waals surface area contributed by atoms with Crippen LogP contribution in [0.1, 0.15) is 39.5 Å². The number of allylic oxidation sites excluding steroid dienone is 1. The van der Waals surface area contributed by atoms with Gasteiger partial charge < -0.3 is 9.84 Å². The first-order valence-electron chi connectivity index (χ1n) is 7.48. The van der Waals surface area contributed by atoms with E-state index in [0.717, 1.165) is 36.3 Å². The summed E-state index contributed by atoms with van der Waals surface area (Å²) in [7, 11) is 0. The maximum atomic E-state index is 11.2. The average Bonchev–Trinajstić information content (AvgIpc) is 2.45. The summed E-state index contributed by atoms with van der Waals surface area (Å²) in [5, 5.41) is 11.2. The Hall–Kier alpha value is -0.510. The molecule has 1 aliphatic rings. The fourth-order valence-corrected chi connectivity index (χ4v) is 3.77. The van der Waals surface area contributed by atoms with Gasteiger partial charge in [-0.2, -0.15) is 0 Å². The second kappa shape index (κ2) is 8.71. The van der Waals surface area contributed by atoms with Crippen molar-refractivity contribution in [2.75, 3.05) is 19.0 Å². The molecule has 2 unspecified atom stereocenters. The molecule has 0 aromatic carbocycles. The Kier molecular flexibility index (Phi) is 7.63. The number of hydrogen-bond acceptors (Lipinski definition) is 3. The third kappa shape index (κ3) is 4.24. The van der Waals surface area contributed by atoms with Crippen molar-refractivity contribution in [1.82, 2.24) is 0 Å². The first kappa shape index (κ1) is 17.5. The van der Waals surface area contributed by atoms with Gasteiger partial charge in [0.25, 0.3) is 0 Å². The molecule has 0 bridgehead atoms. The highest BCUT2D eigenvalue weighted by Crippen LogP contribution is 2.45. The summed E-state index contributed by atoms with van der Waals surface area (Å²) in [6, 6.07) is 0. The third-order valence-electron chi connectivity index (χ3n) is 4.00. The maximum absolute atomic E-state index is 11.2. The minimum atomic E-state index is -0.779. The van der Waals surface area contributed by atoms with Gasteiger partial charge in [0.1, 0.15) is 5.60 Å². The van der Waals surface area contributed by atoms with Crippen molar-refractivity contribution in [1.29, 1.82) is 0 Å². The van der Waals surface area contributed by atoms with E-state index in [1.807, 2.05) is 6.92 Å². The van der Waals surface area contributed by atoms with Crippen LogP contribution < -0.4 is 0 Å². The molecule has 0 amide bonds. The summed E-state index contributed by atoms with van der Waals surface area (Å²) < 4.78 is 5.59. The van der Waals surface area contributed by atoms with Gasteiger partial charge in [-0.1, -0.05) is 38.5 Å². The van der Waals surface area contributed by atoms with Crippen molar-refractivity contribution in [3.05, 3.63) is 35.8 Å². The van der Waals surface area contributed by atoms with Crippen LogP contribution in [0.2, 0.25) is 0 Å². The van der Waals surface area contributed by atoms with Crippen molar-refractivity contribution >= 4 is 11.8 Å². The quantitative estimate of drug-likeness (QED) is 0.534. The van der Waals surface area contributed by atoms with Gasteiger partial charge in [-0.25, -0.2) is 0 Å². The topological polar surface area (TPSA) is 29.5 Å². The van der Waals surface area contributed by atoms with Crippen molar-refractivity contribution in [2.45, 2.75) is 45.1 Å². The van der Waals surface area contributed by atoms with Crippen LogP contribution in [-0.2, 0) is 4.74 Å². The van der Waals surface area contributed by atoms with Gasteiger partial charge in [0.2, 0.25) is 0 Å². The molecule has 3 heteroatoms. The Bertz CT molecular complexity index is 362. The summed E-state index contributed by atoms with van der Waals surface area (Å²) >= 11 is 1.67. The van der Waals surface area contributed by atoms with Gasteiger partial charge in [0.15, 0.2) is 0 Å². The van der Waals surface area contributed by atoms with E-state index in [1.165, 1.54) is 5.57 Å². The Morgan fingerprint density at radius 2 is 2.25 bits per heavy atom. The predicted octanol–water partition coefficient (Wildman–Crippen LogP) is 4.32. The van der Waals surface area contributed by atoms with E-state index in [-0.39, 0.29) is 5.92 Å². The van der Waals surface area contributed by atoms with Gasteiger partial charge in [0, 0.05) is 10.8 Å². The Morgan fingerprint density at radius 3 is 2.85 bits per heavy atom. The smallest absolute Gasteiger partial charge is 0.101 e. The van der Waals surface area contributed by atoms with E-state index in [1.54, 1.807) is 17.8 Å². The molecule has 1 saturated carbocycles. The zero-order valence-corrected chi connectivity index (χ0v) is 13.7. The van der Waals surface area contributed by atoms with Crippen LogP contribution in [0.5, 0.6) is 0 Å². The lowest BCUT2D eigenvalue weighted by Gasteiger charge is -2.42. The fraction of sp³-hybridized carbons (Fsp3) is 0.647. The van der Waals surface area contributed by atoms with Crippen molar-refractivity contribution in [3.8, 4) is 0 Å². The second-order valence-electron chi connectivity index (χ2n) is 5.25. The van der Waals surface area contributed by atoms with Crippen LogP contribution in [0.15, 0.2) is 35.8 Å². The molecule has 0 heterocycles. The summed E-state index contributed by atoms with van der Waals surface area (Å²) in [6.45, 7) is 13.0. The van der Waals surface area contributed by atoms with E-state index in [4.69, 9.17) is 4.74 Å². The van der Waals surface area contributed by atoms with Crippen LogP contribution in [0.25, 0.3) is 0 Å². The minimum Gasteiger partial charge on any atom is -0.384 e. The van der Waals surface area contributed by atoms with Gasteiger partial charge in [-0.3, -0.25) is 0 Å². The van der Waals surface area contributed by atoms with Crippen molar-refractivity contribution in [3.63, 3.8) is 0 Å². The molecule has 0 aliphatic heterocycles. The van der Waals surface area contributed by atoms with Gasteiger partial charge in [0.05, 0.1) is 13.2 Å². The Labute approximate surface area is 128 Å². The summed E-state index contributed by atoms with van der Waals surface area (Å²) in [5.74, 6) is 1.09. The molecular weight excluding hydrogens is 268 g/mol. The summed E-state index contributed by atoms with van der Waals surface area (Å²) in [4.78, 5) is 0.910. The molecule has 1 rings (SSSR count). The lowest BCUT2D eigenvalue weighted by Crippen LogP contribution is -2.43. The van der Waals surface area contributed by atoms with E-state index in [0.29, 0.717) is 13.2 Å². The number of hydrogen-bond donors (Lipinski definition) is 1. The molecular formula is C17H28O2S. The molecule has 2 nitrogen and oxygen atoms in total. The Balaban J connectivity index is 2.85. The molecule has 20 heavy (non-hydrogen) atoms. The first-order chi connectivity index (χ1) is 9.60. The fourth-order valence-electron chi connectivity index (χ4n) is 2.93. The lowest BCUT2D eigenvalue weighted by molar-refractivity contribution is 0.00161. The highest BCUT2D eigenvalue weighted by Gasteiger charge is 2.42. The van der Waals surface area contributed by atoms with Gasteiger partial charge in [-0.05, 0) is 31.1 Å². The third-order valence-corrected chi connectivity index (χ3v) is 4.99. The molecule has 0 saturated heterocycles. The molecule has 1 N–H and O–H groups in total. The largest absolute Gasteiger partial charge is 0.384 e. The maximum Gasteiger partial charge on any atom is 0.101 e. The summed E-state index contributed by atoms with van der Waals surface area (Å²) in [6.07, 6.45) is 7.90. The molecule has 0 aromatic rings. The number of aliphatic hydroxyl groups is 1. The molecule has 2 atom stereocenters. The zero-order valence-electron chi connectivity index (χ0n) is 12.9. The minimum absolute atomic E-state index is 0.137. The molecule has 1 fully saturated rings. The van der Waals surface area contributed by atoms with E-state index < -0.39 is 5.60 Å². The van der Waals surface area contributed by atoms with Crippen LogP contribution in [-0.4, -0.2) is 29.7 Å². The molecule has 0 aromatic heterocycles. The standard InChI is InChI=1S/C17H28O2S/c1-5-12-19-13-15(6-2)16-10-8-9-11-17(16,18)14(4)20-7-3/h5-6,16,18H,1,4,7-13H2,2-3H3/b15-6-. The van der Waals surface area contributed by atoms with Gasteiger partial charge >= 0.3 is 0 Å². The highest BCUT2D eigenvalue weighted by molar-refractivity contribution is 8.03. The zero-order chi connectivity index (χ0) is 15.0. The average molecular weight is 296 g/mol. The van der Waals surface area contributed by atoms with Crippen LogP contribution >= 0.6 is 11.8 Å². The first-order valence-corrected chi connectivity index (χ1v) is 8.47. The monoisotopic (exact) mass is 296 g/mol. The van der Waals surface area contributed by atoms with Crippen LogP contribution in [0.3, 0.4) is 0 Å². The molecule has 114 valence electrons. The van der Waals surface area contributed by atoms with Crippen LogP contribution in [0.4, 0.5) is 0 Å². The highest BCUT2D eigenvalue weighted by atomic mass is 32.2. The molecule has 0 radical (unpaired) electrons. The van der Waals surface area contributed by atoms with E-state index in [2.05, 4.69) is 26.2 Å².